The number of fused-ring (bicyclic) bond motifs is 1. The number of oxazole rings is 1. The third-order valence-electron chi connectivity index (χ3n) is 5.84. The van der Waals surface area contributed by atoms with Crippen LogP contribution in [0.2, 0.25) is 0 Å². The average molecular weight is 405 g/mol. The van der Waals surface area contributed by atoms with Gasteiger partial charge in [-0.05, 0) is 69.5 Å². The number of nitrogens with one attached hydrogen (secondary N) is 1. The Morgan fingerprint density at radius 2 is 1.87 bits per heavy atom. The van der Waals surface area contributed by atoms with Gasteiger partial charge >= 0.3 is 0 Å². The second kappa shape index (κ2) is 8.69. The Kier molecular flexibility index (Phi) is 5.84. The zero-order valence-corrected chi connectivity index (χ0v) is 17.4. The predicted molar refractivity (Wildman–Crippen MR) is 116 cm³/mol. The van der Waals surface area contributed by atoms with E-state index in [9.17, 15) is 9.59 Å². The van der Waals surface area contributed by atoms with Crippen LogP contribution in [0.1, 0.15) is 43.5 Å². The van der Waals surface area contributed by atoms with Crippen molar-refractivity contribution in [2.24, 2.45) is 5.92 Å². The molecule has 0 saturated heterocycles. The molecule has 1 N–H and O–H groups in total. The number of carbonyl (C=O) groups is 2. The highest BCUT2D eigenvalue weighted by molar-refractivity contribution is 5.95. The van der Waals surface area contributed by atoms with Crippen molar-refractivity contribution in [1.29, 1.82) is 0 Å². The van der Waals surface area contributed by atoms with Crippen LogP contribution in [0.15, 0.2) is 52.9 Å². The molecule has 1 fully saturated rings. The monoisotopic (exact) mass is 405 g/mol. The summed E-state index contributed by atoms with van der Waals surface area (Å²) in [6, 6.07) is 15.1. The number of carbonyl (C=O) groups excluding carboxylic acids is 2. The van der Waals surface area contributed by atoms with Crippen LogP contribution >= 0.6 is 0 Å². The molecule has 0 spiro atoms. The Hall–Kier alpha value is -3.15. The van der Waals surface area contributed by atoms with E-state index < -0.39 is 0 Å². The van der Waals surface area contributed by atoms with Crippen molar-refractivity contribution < 1.29 is 14.0 Å². The average Bonchev–Trinajstić information content (AvgIpc) is 3.42. The first kappa shape index (κ1) is 20.1. The SMILES string of the molecule is CCNC(=O)[C@H]1CC[C@@H](N(CC)C(=O)c2ccc(-c3nc4ccccc4o3)cc2)C1. The Balaban J connectivity index is 1.47. The van der Waals surface area contributed by atoms with Crippen molar-refractivity contribution in [2.45, 2.75) is 39.2 Å². The number of amides is 2. The quantitative estimate of drug-likeness (QED) is 0.665. The zero-order valence-electron chi connectivity index (χ0n) is 17.4. The summed E-state index contributed by atoms with van der Waals surface area (Å²) in [5, 5.41) is 2.90. The minimum absolute atomic E-state index is 0.00154. The molecule has 1 aliphatic rings. The number of aromatic nitrogens is 1. The van der Waals surface area contributed by atoms with Crippen molar-refractivity contribution in [3.05, 3.63) is 54.1 Å². The summed E-state index contributed by atoms with van der Waals surface area (Å²) in [6.07, 6.45) is 2.42. The standard InChI is InChI=1S/C24H27N3O3/c1-3-25-22(28)18-13-14-19(15-18)27(4-2)24(29)17-11-9-16(10-12-17)23-26-20-7-5-6-8-21(20)30-23/h5-12,18-19H,3-4,13-15H2,1-2H3,(H,25,28)/t18-,19+/m0/s1. The molecule has 30 heavy (non-hydrogen) atoms. The number of hydrogen-bond acceptors (Lipinski definition) is 4. The van der Waals surface area contributed by atoms with Gasteiger partial charge in [0.25, 0.3) is 5.91 Å². The van der Waals surface area contributed by atoms with Crippen molar-refractivity contribution in [2.75, 3.05) is 13.1 Å². The normalized spacial score (nSPS) is 18.5. The molecule has 1 heterocycles. The van der Waals surface area contributed by atoms with Gasteiger partial charge in [0.05, 0.1) is 0 Å². The fraction of sp³-hybridized carbons (Fsp3) is 0.375. The maximum Gasteiger partial charge on any atom is 0.254 e. The van der Waals surface area contributed by atoms with Crippen LogP contribution in [0.5, 0.6) is 0 Å². The molecular formula is C24H27N3O3. The van der Waals surface area contributed by atoms with Gasteiger partial charge in [0.15, 0.2) is 5.58 Å². The van der Waals surface area contributed by atoms with Crippen LogP contribution in [0.3, 0.4) is 0 Å². The lowest BCUT2D eigenvalue weighted by molar-refractivity contribution is -0.124. The maximum atomic E-state index is 13.1. The van der Waals surface area contributed by atoms with E-state index in [0.717, 1.165) is 35.9 Å². The van der Waals surface area contributed by atoms with Crippen molar-refractivity contribution in [3.8, 4) is 11.5 Å². The number of hydrogen-bond donors (Lipinski definition) is 1. The van der Waals surface area contributed by atoms with Crippen LogP contribution < -0.4 is 5.32 Å². The first-order chi connectivity index (χ1) is 14.6. The number of nitrogens with zero attached hydrogens (tertiary/aromatic N) is 2. The van der Waals surface area contributed by atoms with Gasteiger partial charge in [0.1, 0.15) is 5.52 Å². The molecule has 3 aromatic rings. The largest absolute Gasteiger partial charge is 0.436 e. The fourth-order valence-corrected chi connectivity index (χ4v) is 4.28. The van der Waals surface area contributed by atoms with Crippen LogP contribution in [0, 0.1) is 5.92 Å². The van der Waals surface area contributed by atoms with Crippen LogP contribution in [-0.4, -0.2) is 40.8 Å². The van der Waals surface area contributed by atoms with E-state index in [-0.39, 0.29) is 23.8 Å². The Bertz CT molecular complexity index is 1010. The molecule has 2 aromatic carbocycles. The molecule has 1 aliphatic carbocycles. The smallest absolute Gasteiger partial charge is 0.254 e. The highest BCUT2D eigenvalue weighted by atomic mass is 16.3. The summed E-state index contributed by atoms with van der Waals surface area (Å²) < 4.78 is 5.81. The molecule has 0 aliphatic heterocycles. The lowest BCUT2D eigenvalue weighted by Gasteiger charge is -2.28. The second-order valence-corrected chi connectivity index (χ2v) is 7.71. The molecule has 0 radical (unpaired) electrons. The van der Waals surface area contributed by atoms with Gasteiger partial charge in [-0.25, -0.2) is 4.98 Å². The lowest BCUT2D eigenvalue weighted by Crippen LogP contribution is -2.39. The fourth-order valence-electron chi connectivity index (χ4n) is 4.28. The molecular weight excluding hydrogens is 378 g/mol. The van der Waals surface area contributed by atoms with Gasteiger partial charge in [-0.3, -0.25) is 9.59 Å². The van der Waals surface area contributed by atoms with Crippen LogP contribution in [0.25, 0.3) is 22.6 Å². The van der Waals surface area contributed by atoms with E-state index in [2.05, 4.69) is 10.3 Å². The zero-order chi connectivity index (χ0) is 21.1. The first-order valence-corrected chi connectivity index (χ1v) is 10.6. The van der Waals surface area contributed by atoms with E-state index in [1.165, 1.54) is 0 Å². The van der Waals surface area contributed by atoms with Gasteiger partial charge in [-0.1, -0.05) is 12.1 Å². The summed E-state index contributed by atoms with van der Waals surface area (Å²) in [5.74, 6) is 0.649. The number of para-hydroxylation sites is 2. The Morgan fingerprint density at radius 1 is 1.10 bits per heavy atom. The molecule has 156 valence electrons. The van der Waals surface area contributed by atoms with Crippen LogP contribution in [-0.2, 0) is 4.79 Å². The highest BCUT2D eigenvalue weighted by Crippen LogP contribution is 2.31. The molecule has 6 nitrogen and oxygen atoms in total. The Morgan fingerprint density at radius 3 is 2.57 bits per heavy atom. The minimum Gasteiger partial charge on any atom is -0.436 e. The van der Waals surface area contributed by atoms with Gasteiger partial charge in [-0.2, -0.15) is 0 Å². The number of benzene rings is 2. The van der Waals surface area contributed by atoms with Crippen LogP contribution in [0.4, 0.5) is 0 Å². The lowest BCUT2D eigenvalue weighted by atomic mass is 10.1. The van der Waals surface area contributed by atoms with Crippen molar-refractivity contribution in [3.63, 3.8) is 0 Å². The van der Waals surface area contributed by atoms with E-state index in [1.807, 2.05) is 67.3 Å². The van der Waals surface area contributed by atoms with E-state index in [4.69, 9.17) is 4.42 Å². The first-order valence-electron chi connectivity index (χ1n) is 10.6. The van der Waals surface area contributed by atoms with Gasteiger partial charge in [-0.15, -0.1) is 0 Å². The Labute approximate surface area is 176 Å². The van der Waals surface area contributed by atoms with Gasteiger partial charge in [0.2, 0.25) is 11.8 Å². The molecule has 4 rings (SSSR count). The summed E-state index contributed by atoms with van der Waals surface area (Å²) in [4.78, 5) is 31.7. The summed E-state index contributed by atoms with van der Waals surface area (Å²) >= 11 is 0. The van der Waals surface area contributed by atoms with Gasteiger partial charge < -0.3 is 14.6 Å². The molecule has 0 bridgehead atoms. The molecule has 2 atom stereocenters. The molecule has 1 aromatic heterocycles. The topological polar surface area (TPSA) is 75.4 Å². The summed E-state index contributed by atoms with van der Waals surface area (Å²) in [6.45, 7) is 5.18. The van der Waals surface area contributed by atoms with Crippen molar-refractivity contribution >= 4 is 22.9 Å². The number of rotatable bonds is 6. The minimum atomic E-state index is -0.00154. The van der Waals surface area contributed by atoms with E-state index in [1.54, 1.807) is 0 Å². The molecule has 1 saturated carbocycles. The summed E-state index contributed by atoms with van der Waals surface area (Å²) in [7, 11) is 0. The van der Waals surface area contributed by atoms with E-state index >= 15 is 0 Å². The third-order valence-corrected chi connectivity index (χ3v) is 5.84. The molecule has 2 amide bonds. The third kappa shape index (κ3) is 3.95. The molecule has 6 heteroatoms. The molecule has 0 unspecified atom stereocenters. The second-order valence-electron chi connectivity index (χ2n) is 7.71. The predicted octanol–water partition coefficient (Wildman–Crippen LogP) is 4.26. The van der Waals surface area contributed by atoms with E-state index in [0.29, 0.717) is 24.5 Å². The highest BCUT2D eigenvalue weighted by Gasteiger charge is 2.34. The van der Waals surface area contributed by atoms with Crippen molar-refractivity contribution in [1.82, 2.24) is 15.2 Å². The summed E-state index contributed by atoms with van der Waals surface area (Å²) in [5.41, 5.74) is 3.03. The van der Waals surface area contributed by atoms with Gasteiger partial charge in [0, 0.05) is 36.2 Å². The maximum absolute atomic E-state index is 13.1.